The van der Waals surface area contributed by atoms with E-state index < -0.39 is 0 Å². The van der Waals surface area contributed by atoms with Gasteiger partial charge in [-0.3, -0.25) is 14.2 Å². The number of nitrogens with one attached hydrogen (secondary N) is 2. The van der Waals surface area contributed by atoms with E-state index in [0.717, 1.165) is 10.0 Å². The Hall–Kier alpha value is -2.29. The highest BCUT2D eigenvalue weighted by Gasteiger charge is 2.11. The molecule has 0 unspecified atom stereocenters. The fourth-order valence-corrected chi connectivity index (χ4v) is 3.42. The van der Waals surface area contributed by atoms with Crippen LogP contribution in [0.15, 0.2) is 45.7 Å². The van der Waals surface area contributed by atoms with Crippen LogP contribution in [0.25, 0.3) is 10.9 Å². The summed E-state index contributed by atoms with van der Waals surface area (Å²) in [7, 11) is 1.62. The average molecular weight is 462 g/mol. The average Bonchev–Trinajstić information content (AvgIpc) is 2.67. The van der Waals surface area contributed by atoms with Gasteiger partial charge in [0.15, 0.2) is 4.77 Å². The molecule has 0 aliphatic carbocycles. The lowest BCUT2D eigenvalue weighted by Crippen LogP contribution is -2.23. The summed E-state index contributed by atoms with van der Waals surface area (Å²) in [6.45, 7) is 2.98. The number of hydrogen-bond acceptors (Lipinski definition) is 4. The van der Waals surface area contributed by atoms with E-state index in [0.29, 0.717) is 46.5 Å². The Labute approximate surface area is 175 Å². The van der Waals surface area contributed by atoms with Crippen LogP contribution in [-0.2, 0) is 11.3 Å². The van der Waals surface area contributed by atoms with Crippen LogP contribution in [0.1, 0.15) is 22.3 Å². The standard InChI is InChI=1S/C20H20BrN3O3S/c1-12-10-14(5-7-16(12)21)22-18(25)13-4-6-15-17(11-13)23-20(28)24(19(15)26)8-3-9-27-2/h4-7,10-11H,3,8-9H2,1-2H3,(H,22,25)(H,23,28). The van der Waals surface area contributed by atoms with Gasteiger partial charge in [0.1, 0.15) is 0 Å². The van der Waals surface area contributed by atoms with Crippen molar-refractivity contribution in [3.05, 3.63) is 67.1 Å². The smallest absolute Gasteiger partial charge is 0.262 e. The lowest BCUT2D eigenvalue weighted by atomic mass is 10.1. The van der Waals surface area contributed by atoms with Crippen molar-refractivity contribution in [3.63, 3.8) is 0 Å². The van der Waals surface area contributed by atoms with Gasteiger partial charge in [0.05, 0.1) is 10.9 Å². The molecule has 3 rings (SSSR count). The molecule has 2 N–H and O–H groups in total. The second-order valence-corrected chi connectivity index (χ2v) is 7.65. The molecule has 1 heterocycles. The highest BCUT2D eigenvalue weighted by Crippen LogP contribution is 2.21. The number of aromatic nitrogens is 2. The Bertz CT molecular complexity index is 1150. The van der Waals surface area contributed by atoms with Crippen molar-refractivity contribution in [2.45, 2.75) is 19.9 Å². The van der Waals surface area contributed by atoms with E-state index in [9.17, 15) is 9.59 Å². The van der Waals surface area contributed by atoms with Crippen molar-refractivity contribution < 1.29 is 9.53 Å². The first-order chi connectivity index (χ1) is 13.4. The van der Waals surface area contributed by atoms with Crippen molar-refractivity contribution in [2.24, 2.45) is 0 Å². The first-order valence-corrected chi connectivity index (χ1v) is 9.94. The maximum absolute atomic E-state index is 12.7. The lowest BCUT2D eigenvalue weighted by Gasteiger charge is -2.10. The van der Waals surface area contributed by atoms with Gasteiger partial charge >= 0.3 is 0 Å². The number of carbonyl (C=O) groups excluding carboxylic acids is 1. The number of anilines is 1. The van der Waals surface area contributed by atoms with Crippen LogP contribution in [0.4, 0.5) is 5.69 Å². The van der Waals surface area contributed by atoms with Gasteiger partial charge in [-0.25, -0.2) is 0 Å². The molecule has 0 aliphatic rings. The van der Waals surface area contributed by atoms with Crippen LogP contribution in [0.3, 0.4) is 0 Å². The van der Waals surface area contributed by atoms with Crippen molar-refractivity contribution in [1.29, 1.82) is 0 Å². The molecule has 8 heteroatoms. The summed E-state index contributed by atoms with van der Waals surface area (Å²) in [5.41, 5.74) is 2.53. The monoisotopic (exact) mass is 461 g/mol. The van der Waals surface area contributed by atoms with Crippen LogP contribution < -0.4 is 10.9 Å². The predicted molar refractivity (Wildman–Crippen MR) is 117 cm³/mol. The van der Waals surface area contributed by atoms with Gasteiger partial charge < -0.3 is 15.0 Å². The van der Waals surface area contributed by atoms with Gasteiger partial charge in [-0.05, 0) is 67.5 Å². The Morgan fingerprint density at radius 2 is 2.07 bits per heavy atom. The van der Waals surface area contributed by atoms with Crippen LogP contribution in [-0.4, -0.2) is 29.2 Å². The number of H-pyrrole nitrogens is 1. The van der Waals surface area contributed by atoms with Crippen LogP contribution in [0, 0.1) is 11.7 Å². The Balaban J connectivity index is 1.90. The fourth-order valence-electron chi connectivity index (χ4n) is 2.89. The number of benzene rings is 2. The molecule has 2 aromatic carbocycles. The van der Waals surface area contributed by atoms with Crippen LogP contribution in [0.5, 0.6) is 0 Å². The van der Waals surface area contributed by atoms with E-state index in [1.54, 1.807) is 25.3 Å². The van der Waals surface area contributed by atoms with E-state index in [2.05, 4.69) is 26.2 Å². The number of aryl methyl sites for hydroxylation is 1. The number of halogens is 1. The molecule has 0 bridgehead atoms. The van der Waals surface area contributed by atoms with Gasteiger partial charge in [-0.2, -0.15) is 0 Å². The number of rotatable bonds is 6. The molecule has 146 valence electrons. The number of carbonyl (C=O) groups is 1. The van der Waals surface area contributed by atoms with Crippen molar-refractivity contribution in [1.82, 2.24) is 9.55 Å². The van der Waals surface area contributed by atoms with E-state index in [4.69, 9.17) is 17.0 Å². The topological polar surface area (TPSA) is 76.1 Å². The molecule has 28 heavy (non-hydrogen) atoms. The van der Waals surface area contributed by atoms with Crippen molar-refractivity contribution in [2.75, 3.05) is 19.0 Å². The Morgan fingerprint density at radius 3 is 2.79 bits per heavy atom. The van der Waals surface area contributed by atoms with Gasteiger partial charge in [0.25, 0.3) is 11.5 Å². The molecule has 0 atom stereocenters. The number of ether oxygens (including phenoxy) is 1. The van der Waals surface area contributed by atoms with Crippen LogP contribution in [0.2, 0.25) is 0 Å². The summed E-state index contributed by atoms with van der Waals surface area (Å²) in [4.78, 5) is 28.4. The largest absolute Gasteiger partial charge is 0.385 e. The van der Waals surface area contributed by atoms with Crippen molar-refractivity contribution >= 4 is 50.6 Å². The third kappa shape index (κ3) is 4.40. The van der Waals surface area contributed by atoms with Gasteiger partial charge in [-0.1, -0.05) is 15.9 Å². The summed E-state index contributed by atoms with van der Waals surface area (Å²) < 4.78 is 7.85. The maximum atomic E-state index is 12.7. The summed E-state index contributed by atoms with van der Waals surface area (Å²) in [5.74, 6) is -0.257. The van der Waals surface area contributed by atoms with E-state index in [1.165, 1.54) is 4.57 Å². The highest BCUT2D eigenvalue weighted by molar-refractivity contribution is 9.10. The number of methoxy groups -OCH3 is 1. The molecule has 0 spiro atoms. The third-order valence-corrected chi connectivity index (χ3v) is 5.60. The van der Waals surface area contributed by atoms with Gasteiger partial charge in [0, 0.05) is 36.0 Å². The molecule has 6 nitrogen and oxygen atoms in total. The van der Waals surface area contributed by atoms with Gasteiger partial charge in [0.2, 0.25) is 0 Å². The number of amides is 1. The normalized spacial score (nSPS) is 11.0. The number of aromatic amines is 1. The van der Waals surface area contributed by atoms with Crippen LogP contribution >= 0.6 is 28.1 Å². The zero-order valence-corrected chi connectivity index (χ0v) is 17.9. The lowest BCUT2D eigenvalue weighted by molar-refractivity contribution is 0.102. The van der Waals surface area contributed by atoms with E-state index in [-0.39, 0.29) is 11.5 Å². The minimum absolute atomic E-state index is 0.176. The predicted octanol–water partition coefficient (Wildman–Crippen LogP) is 4.42. The third-order valence-electron chi connectivity index (χ3n) is 4.39. The first-order valence-electron chi connectivity index (χ1n) is 8.74. The zero-order chi connectivity index (χ0) is 20.3. The quantitative estimate of drug-likeness (QED) is 0.420. The number of hydrogen-bond donors (Lipinski definition) is 2. The summed E-state index contributed by atoms with van der Waals surface area (Å²) >= 11 is 8.76. The number of nitrogens with zero attached hydrogens (tertiary/aromatic N) is 1. The first kappa shape index (κ1) is 20.4. The fraction of sp³-hybridized carbons (Fsp3) is 0.250. The molecule has 0 radical (unpaired) electrons. The molecule has 0 saturated carbocycles. The molecular formula is C20H20BrN3O3S. The highest BCUT2D eigenvalue weighted by atomic mass is 79.9. The minimum Gasteiger partial charge on any atom is -0.385 e. The summed E-state index contributed by atoms with van der Waals surface area (Å²) in [5, 5.41) is 3.36. The molecule has 1 amide bonds. The van der Waals surface area contributed by atoms with Crippen molar-refractivity contribution in [3.8, 4) is 0 Å². The molecule has 0 saturated heterocycles. The van der Waals surface area contributed by atoms with Gasteiger partial charge in [-0.15, -0.1) is 0 Å². The molecule has 1 aromatic heterocycles. The second kappa shape index (κ2) is 8.81. The zero-order valence-electron chi connectivity index (χ0n) is 15.5. The van der Waals surface area contributed by atoms with E-state index >= 15 is 0 Å². The maximum Gasteiger partial charge on any atom is 0.262 e. The SMILES string of the molecule is COCCCn1c(=S)[nH]c2cc(C(=O)Nc3ccc(Br)c(C)c3)ccc2c1=O. The molecule has 3 aromatic rings. The summed E-state index contributed by atoms with van der Waals surface area (Å²) in [6.07, 6.45) is 0.687. The Kier molecular flexibility index (Phi) is 6.43. The second-order valence-electron chi connectivity index (χ2n) is 6.41. The Morgan fingerprint density at radius 1 is 1.29 bits per heavy atom. The van der Waals surface area contributed by atoms with E-state index in [1.807, 2.05) is 25.1 Å². The minimum atomic E-state index is -0.257. The molecular weight excluding hydrogens is 442 g/mol. The number of fused-ring (bicyclic) bond motifs is 1. The molecule has 0 aliphatic heterocycles. The molecule has 0 fully saturated rings. The summed E-state index contributed by atoms with van der Waals surface area (Å²) in [6, 6.07) is 10.5.